The van der Waals surface area contributed by atoms with Crippen LogP contribution in [-0.4, -0.2) is 13.1 Å². The lowest BCUT2D eigenvalue weighted by atomic mass is 10.1. The Hall–Kier alpha value is -0.820. The maximum absolute atomic E-state index is 3.47. The van der Waals surface area contributed by atoms with Crippen LogP contribution in [0.15, 0.2) is 30.3 Å². The Morgan fingerprint density at radius 3 is 2.40 bits per heavy atom. The van der Waals surface area contributed by atoms with Crippen LogP contribution in [0, 0.1) is 0 Å². The average Bonchev–Trinajstić information content (AvgIpc) is 2.29. The molecule has 1 N–H and O–H groups in total. The first-order chi connectivity index (χ1) is 7.43. The Morgan fingerprint density at radius 1 is 0.933 bits per heavy atom. The monoisotopic (exact) mass is 205 g/mol. The predicted octanol–water partition coefficient (Wildman–Crippen LogP) is 3.40. The summed E-state index contributed by atoms with van der Waals surface area (Å²) in [5, 5.41) is 3.47. The summed E-state index contributed by atoms with van der Waals surface area (Å²) >= 11 is 0. The fraction of sp³-hybridized carbons (Fsp3) is 0.571. The minimum absolute atomic E-state index is 1.17. The molecule has 0 saturated carbocycles. The van der Waals surface area contributed by atoms with E-state index in [0.717, 1.165) is 0 Å². The number of hydrogen-bond acceptors (Lipinski definition) is 1. The van der Waals surface area contributed by atoms with Crippen LogP contribution in [0.5, 0.6) is 0 Å². The van der Waals surface area contributed by atoms with Gasteiger partial charge in [-0.15, -0.1) is 0 Å². The van der Waals surface area contributed by atoms with Crippen molar-refractivity contribution in [3.05, 3.63) is 35.9 Å². The number of nitrogens with one attached hydrogen (secondary N) is 1. The lowest BCUT2D eigenvalue weighted by Crippen LogP contribution is -2.16. The fourth-order valence-corrected chi connectivity index (χ4v) is 1.65. The number of aryl methyl sites for hydroxylation is 1. The van der Waals surface area contributed by atoms with Gasteiger partial charge in [-0.05, 0) is 44.3 Å². The van der Waals surface area contributed by atoms with Gasteiger partial charge in [-0.25, -0.2) is 0 Å². The van der Waals surface area contributed by atoms with Crippen molar-refractivity contribution in [2.75, 3.05) is 13.1 Å². The lowest BCUT2D eigenvalue weighted by Gasteiger charge is -2.03. The first kappa shape index (κ1) is 12.3. The van der Waals surface area contributed by atoms with Gasteiger partial charge in [0.25, 0.3) is 0 Å². The maximum atomic E-state index is 3.47. The number of rotatable bonds is 8. The molecule has 0 saturated heterocycles. The molecule has 0 bridgehead atoms. The molecule has 0 unspecified atom stereocenters. The van der Waals surface area contributed by atoms with Crippen molar-refractivity contribution in [1.29, 1.82) is 0 Å². The first-order valence-electron chi connectivity index (χ1n) is 6.18. The smallest absolute Gasteiger partial charge is 0.00488 e. The van der Waals surface area contributed by atoms with Crippen molar-refractivity contribution in [2.45, 2.75) is 39.0 Å². The second-order valence-corrected chi connectivity index (χ2v) is 4.05. The Bertz CT molecular complexity index is 230. The van der Waals surface area contributed by atoms with Crippen molar-refractivity contribution < 1.29 is 0 Å². The van der Waals surface area contributed by atoms with Crippen LogP contribution in [0.3, 0.4) is 0 Å². The molecule has 0 spiro atoms. The molecule has 0 aliphatic rings. The summed E-state index contributed by atoms with van der Waals surface area (Å²) in [5.41, 5.74) is 1.46. The summed E-state index contributed by atoms with van der Waals surface area (Å²) in [6.07, 6.45) is 6.40. The van der Waals surface area contributed by atoms with Crippen molar-refractivity contribution in [3.63, 3.8) is 0 Å². The van der Waals surface area contributed by atoms with Gasteiger partial charge < -0.3 is 5.32 Å². The molecule has 1 aromatic carbocycles. The van der Waals surface area contributed by atoms with Crippen molar-refractivity contribution in [1.82, 2.24) is 5.32 Å². The molecular weight excluding hydrogens is 182 g/mol. The minimum atomic E-state index is 1.17. The third-order valence-corrected chi connectivity index (χ3v) is 2.62. The first-order valence-corrected chi connectivity index (χ1v) is 6.18. The van der Waals surface area contributed by atoms with E-state index in [4.69, 9.17) is 0 Å². The van der Waals surface area contributed by atoms with E-state index >= 15 is 0 Å². The molecule has 0 aromatic heterocycles. The third-order valence-electron chi connectivity index (χ3n) is 2.62. The van der Waals surface area contributed by atoms with Gasteiger partial charge in [0.1, 0.15) is 0 Å². The Morgan fingerprint density at radius 2 is 1.67 bits per heavy atom. The quantitative estimate of drug-likeness (QED) is 0.641. The van der Waals surface area contributed by atoms with Gasteiger partial charge in [0.15, 0.2) is 0 Å². The summed E-state index contributed by atoms with van der Waals surface area (Å²) in [6.45, 7) is 4.59. The molecule has 0 heterocycles. The summed E-state index contributed by atoms with van der Waals surface area (Å²) in [4.78, 5) is 0. The van der Waals surface area contributed by atoms with Crippen LogP contribution in [0.2, 0.25) is 0 Å². The van der Waals surface area contributed by atoms with Crippen LogP contribution < -0.4 is 5.32 Å². The maximum Gasteiger partial charge on any atom is -0.00488 e. The van der Waals surface area contributed by atoms with Gasteiger partial charge in [-0.2, -0.15) is 0 Å². The van der Waals surface area contributed by atoms with Crippen molar-refractivity contribution >= 4 is 0 Å². The van der Waals surface area contributed by atoms with E-state index in [0.29, 0.717) is 0 Å². The molecule has 15 heavy (non-hydrogen) atoms. The number of benzene rings is 1. The van der Waals surface area contributed by atoms with Crippen LogP contribution in [-0.2, 0) is 6.42 Å². The van der Waals surface area contributed by atoms with Crippen LogP contribution in [0.1, 0.15) is 38.2 Å². The van der Waals surface area contributed by atoms with E-state index in [2.05, 4.69) is 42.6 Å². The molecule has 1 nitrogen and oxygen atoms in total. The molecule has 84 valence electrons. The van der Waals surface area contributed by atoms with E-state index in [1.54, 1.807) is 0 Å². The zero-order valence-electron chi connectivity index (χ0n) is 9.84. The third kappa shape index (κ3) is 6.29. The molecule has 0 amide bonds. The average molecular weight is 205 g/mol. The topological polar surface area (TPSA) is 12.0 Å². The summed E-state index contributed by atoms with van der Waals surface area (Å²) in [5.74, 6) is 0. The Balaban J connectivity index is 1.93. The molecule has 1 aromatic rings. The summed E-state index contributed by atoms with van der Waals surface area (Å²) in [7, 11) is 0. The highest BCUT2D eigenvalue weighted by molar-refractivity contribution is 5.14. The van der Waals surface area contributed by atoms with E-state index < -0.39 is 0 Å². The molecule has 1 rings (SSSR count). The molecule has 0 atom stereocenters. The fourth-order valence-electron chi connectivity index (χ4n) is 1.65. The standard InChI is InChI=1S/C14H23N/c1-2-3-12-15-13-8-7-11-14-9-5-4-6-10-14/h4-6,9-10,15H,2-3,7-8,11-13H2,1H3. The number of hydrogen-bond donors (Lipinski definition) is 1. The van der Waals surface area contributed by atoms with Gasteiger partial charge >= 0.3 is 0 Å². The normalized spacial score (nSPS) is 10.5. The molecular formula is C14H23N. The minimum Gasteiger partial charge on any atom is -0.317 e. The van der Waals surface area contributed by atoms with Crippen LogP contribution >= 0.6 is 0 Å². The zero-order valence-corrected chi connectivity index (χ0v) is 9.84. The second kappa shape index (κ2) is 8.49. The van der Waals surface area contributed by atoms with Gasteiger partial charge in [-0.3, -0.25) is 0 Å². The van der Waals surface area contributed by atoms with Gasteiger partial charge in [0.05, 0.1) is 0 Å². The molecule has 0 aliphatic carbocycles. The SMILES string of the molecule is CCCCNCCCCc1ccccc1. The van der Waals surface area contributed by atoms with Crippen molar-refractivity contribution in [2.24, 2.45) is 0 Å². The summed E-state index contributed by atoms with van der Waals surface area (Å²) < 4.78 is 0. The zero-order chi connectivity index (χ0) is 10.8. The van der Waals surface area contributed by atoms with Gasteiger partial charge in [-0.1, -0.05) is 43.7 Å². The van der Waals surface area contributed by atoms with E-state index in [1.165, 1.54) is 50.8 Å². The molecule has 0 fully saturated rings. The van der Waals surface area contributed by atoms with E-state index in [9.17, 15) is 0 Å². The summed E-state index contributed by atoms with van der Waals surface area (Å²) in [6, 6.07) is 10.7. The van der Waals surface area contributed by atoms with Gasteiger partial charge in [0, 0.05) is 0 Å². The highest BCUT2D eigenvalue weighted by atomic mass is 14.8. The van der Waals surface area contributed by atoms with Crippen molar-refractivity contribution in [3.8, 4) is 0 Å². The lowest BCUT2D eigenvalue weighted by molar-refractivity contribution is 0.599. The highest BCUT2D eigenvalue weighted by Gasteiger charge is 1.92. The Kier molecular flexibility index (Phi) is 6.93. The van der Waals surface area contributed by atoms with Crippen LogP contribution in [0.25, 0.3) is 0 Å². The predicted molar refractivity (Wildman–Crippen MR) is 67.2 cm³/mol. The second-order valence-electron chi connectivity index (χ2n) is 4.05. The largest absolute Gasteiger partial charge is 0.317 e. The molecule has 1 heteroatoms. The molecule has 0 aliphatic heterocycles. The van der Waals surface area contributed by atoms with Crippen LogP contribution in [0.4, 0.5) is 0 Å². The molecule has 0 radical (unpaired) electrons. The van der Waals surface area contributed by atoms with E-state index in [1.807, 2.05) is 0 Å². The Labute approximate surface area is 93.9 Å². The van der Waals surface area contributed by atoms with Gasteiger partial charge in [0.2, 0.25) is 0 Å². The highest BCUT2D eigenvalue weighted by Crippen LogP contribution is 2.03. The number of unbranched alkanes of at least 4 members (excludes halogenated alkanes) is 2. The van der Waals surface area contributed by atoms with E-state index in [-0.39, 0.29) is 0 Å².